The molecule has 0 bridgehead atoms. The molecule has 0 aliphatic carbocycles. The lowest BCUT2D eigenvalue weighted by atomic mass is 10.1. The molecule has 8 nitrogen and oxygen atoms in total. The molecule has 0 aromatic heterocycles. The van der Waals surface area contributed by atoms with Gasteiger partial charge >= 0.3 is 6.03 Å². The fourth-order valence-corrected chi connectivity index (χ4v) is 5.32. The summed E-state index contributed by atoms with van der Waals surface area (Å²) in [7, 11) is 0. The summed E-state index contributed by atoms with van der Waals surface area (Å²) in [5.41, 5.74) is 0.613. The van der Waals surface area contributed by atoms with Gasteiger partial charge in [0, 0.05) is 6.07 Å². The third-order valence-corrected chi connectivity index (χ3v) is 6.16. The van der Waals surface area contributed by atoms with Crippen LogP contribution >= 0.6 is 45.2 Å². The Bertz CT molecular complexity index is 1160. The van der Waals surface area contributed by atoms with Crippen molar-refractivity contribution >= 4 is 74.8 Å². The zero-order valence-electron chi connectivity index (χ0n) is 18.5. The number of carbonyl (C=O) groups excluding carboxylic acids is 3. The average Bonchev–Trinajstić information content (AvgIpc) is 2.78. The van der Waals surface area contributed by atoms with Gasteiger partial charge in [-0.3, -0.25) is 14.9 Å². The molecule has 0 atom stereocenters. The number of anilines is 1. The minimum atomic E-state index is -0.862. The van der Waals surface area contributed by atoms with Gasteiger partial charge in [0.2, 0.25) is 0 Å². The van der Waals surface area contributed by atoms with Gasteiger partial charge in [-0.1, -0.05) is 12.7 Å². The lowest BCUT2D eigenvalue weighted by molar-refractivity contribution is -0.122. The smallest absolute Gasteiger partial charge is 0.336 e. The van der Waals surface area contributed by atoms with Crippen LogP contribution in [0.15, 0.2) is 48.6 Å². The second kappa shape index (κ2) is 11.7. The summed E-state index contributed by atoms with van der Waals surface area (Å²) in [5, 5.41) is 2.24. The number of benzene rings is 2. The number of nitrogens with zero attached hydrogens (tertiary/aromatic N) is 1. The van der Waals surface area contributed by atoms with E-state index in [2.05, 4.69) is 57.1 Å². The maximum atomic E-state index is 13.4. The van der Waals surface area contributed by atoms with E-state index in [-0.39, 0.29) is 11.3 Å². The number of amides is 4. The van der Waals surface area contributed by atoms with E-state index >= 15 is 0 Å². The van der Waals surface area contributed by atoms with Crippen LogP contribution in [0.3, 0.4) is 0 Å². The molecule has 10 heteroatoms. The second-order valence-electron chi connectivity index (χ2n) is 6.87. The SMILES string of the molecule is C=CCOc1c(I)cc(/C=C2\C(=O)NC(=O)N(c3cc(OCC)ccc3OCC)C2=O)cc1I. The molecule has 3 rings (SSSR count). The van der Waals surface area contributed by atoms with Gasteiger partial charge in [0.05, 0.1) is 26.0 Å². The summed E-state index contributed by atoms with van der Waals surface area (Å²) in [5.74, 6) is -0.0738. The molecular formula is C24H22I2N2O6. The Hall–Kier alpha value is -2.61. The van der Waals surface area contributed by atoms with Gasteiger partial charge < -0.3 is 14.2 Å². The maximum Gasteiger partial charge on any atom is 0.336 e. The van der Waals surface area contributed by atoms with Crippen LogP contribution in [0.1, 0.15) is 19.4 Å². The zero-order chi connectivity index (χ0) is 24.8. The van der Waals surface area contributed by atoms with E-state index in [0.29, 0.717) is 42.6 Å². The molecule has 1 aliphatic heterocycles. The molecule has 4 amide bonds. The highest BCUT2D eigenvalue weighted by molar-refractivity contribution is 14.1. The fraction of sp³-hybridized carbons (Fsp3) is 0.208. The number of hydrogen-bond donors (Lipinski definition) is 1. The average molecular weight is 688 g/mol. The molecule has 0 unspecified atom stereocenters. The molecule has 0 spiro atoms. The van der Waals surface area contributed by atoms with Crippen molar-refractivity contribution in [3.05, 3.63) is 61.3 Å². The third-order valence-electron chi connectivity index (χ3n) is 4.56. The number of carbonyl (C=O) groups is 3. The molecule has 1 fully saturated rings. The predicted octanol–water partition coefficient (Wildman–Crippen LogP) is 4.92. The monoisotopic (exact) mass is 688 g/mol. The first-order valence-electron chi connectivity index (χ1n) is 10.3. The van der Waals surface area contributed by atoms with Crippen molar-refractivity contribution in [3.8, 4) is 17.2 Å². The Morgan fingerprint density at radius 3 is 2.29 bits per heavy atom. The van der Waals surface area contributed by atoms with Crippen molar-refractivity contribution in [1.82, 2.24) is 5.32 Å². The lowest BCUT2D eigenvalue weighted by Crippen LogP contribution is -2.54. The number of imide groups is 2. The van der Waals surface area contributed by atoms with Gasteiger partial charge in [-0.25, -0.2) is 9.69 Å². The highest BCUT2D eigenvalue weighted by Crippen LogP contribution is 2.35. The van der Waals surface area contributed by atoms with E-state index in [1.165, 1.54) is 12.1 Å². The van der Waals surface area contributed by atoms with Crippen LogP contribution in [0.4, 0.5) is 10.5 Å². The second-order valence-corrected chi connectivity index (χ2v) is 9.19. The maximum absolute atomic E-state index is 13.4. The Morgan fingerprint density at radius 2 is 1.68 bits per heavy atom. The number of nitrogens with one attached hydrogen (secondary N) is 1. The molecule has 1 aliphatic rings. The molecule has 2 aromatic carbocycles. The number of urea groups is 1. The van der Waals surface area contributed by atoms with Crippen LogP contribution in [0, 0.1) is 7.14 Å². The number of halogens is 2. The molecule has 0 radical (unpaired) electrons. The molecule has 1 saturated heterocycles. The Morgan fingerprint density at radius 1 is 1.00 bits per heavy atom. The summed E-state index contributed by atoms with van der Waals surface area (Å²) in [6.45, 7) is 8.34. The van der Waals surface area contributed by atoms with Crippen LogP contribution in [0.2, 0.25) is 0 Å². The Balaban J connectivity index is 2.04. The topological polar surface area (TPSA) is 94.2 Å². The highest BCUT2D eigenvalue weighted by atomic mass is 127. The largest absolute Gasteiger partial charge is 0.494 e. The van der Waals surface area contributed by atoms with Crippen LogP contribution in [-0.4, -0.2) is 37.7 Å². The molecule has 178 valence electrons. The minimum Gasteiger partial charge on any atom is -0.494 e. The van der Waals surface area contributed by atoms with Gasteiger partial charge in [0.1, 0.15) is 29.4 Å². The molecule has 0 saturated carbocycles. The van der Waals surface area contributed by atoms with Crippen LogP contribution in [0.25, 0.3) is 6.08 Å². The lowest BCUT2D eigenvalue weighted by Gasteiger charge is -2.28. The normalized spacial score (nSPS) is 14.8. The summed E-state index contributed by atoms with van der Waals surface area (Å²) in [6, 6.07) is 7.56. The quantitative estimate of drug-likeness (QED) is 0.174. The third kappa shape index (κ3) is 5.71. The van der Waals surface area contributed by atoms with E-state index in [9.17, 15) is 14.4 Å². The van der Waals surface area contributed by atoms with Crippen LogP contribution in [-0.2, 0) is 9.59 Å². The van der Waals surface area contributed by atoms with Crippen molar-refractivity contribution < 1.29 is 28.6 Å². The highest BCUT2D eigenvalue weighted by Gasteiger charge is 2.38. The summed E-state index contributed by atoms with van der Waals surface area (Å²) >= 11 is 4.25. The van der Waals surface area contributed by atoms with Gasteiger partial charge in [-0.15, -0.1) is 0 Å². The van der Waals surface area contributed by atoms with Crippen molar-refractivity contribution in [2.24, 2.45) is 0 Å². The standard InChI is InChI=1S/C24H22I2N2O6/c1-4-9-34-21-17(25)11-14(12-18(21)26)10-16-22(29)27-24(31)28(23(16)30)19-13-15(32-5-2)7-8-20(19)33-6-3/h4,7-8,10-13H,1,5-6,9H2,2-3H3,(H,27,29,31)/b16-10+. The first-order valence-corrected chi connectivity index (χ1v) is 12.5. The Labute approximate surface area is 224 Å². The summed E-state index contributed by atoms with van der Waals surface area (Å²) in [4.78, 5) is 39.6. The van der Waals surface area contributed by atoms with Crippen LogP contribution < -0.4 is 24.4 Å². The van der Waals surface area contributed by atoms with Crippen LogP contribution in [0.5, 0.6) is 17.2 Å². The van der Waals surface area contributed by atoms with Crippen molar-refractivity contribution in [2.45, 2.75) is 13.8 Å². The molecule has 1 N–H and O–H groups in total. The van der Waals surface area contributed by atoms with Crippen molar-refractivity contribution in [3.63, 3.8) is 0 Å². The molecule has 1 heterocycles. The van der Waals surface area contributed by atoms with E-state index in [0.717, 1.165) is 12.0 Å². The van der Waals surface area contributed by atoms with E-state index in [1.807, 2.05) is 6.92 Å². The minimum absolute atomic E-state index is 0.185. The number of barbiturate groups is 1. The molecule has 34 heavy (non-hydrogen) atoms. The van der Waals surface area contributed by atoms with E-state index in [1.54, 1.807) is 37.3 Å². The van der Waals surface area contributed by atoms with E-state index < -0.39 is 17.8 Å². The number of hydrogen-bond acceptors (Lipinski definition) is 6. The van der Waals surface area contributed by atoms with Gasteiger partial charge in [0.15, 0.2) is 0 Å². The number of ether oxygens (including phenoxy) is 3. The fourth-order valence-electron chi connectivity index (χ4n) is 3.19. The van der Waals surface area contributed by atoms with Crippen molar-refractivity contribution in [1.29, 1.82) is 0 Å². The predicted molar refractivity (Wildman–Crippen MR) is 145 cm³/mol. The molecule has 2 aromatic rings. The molecular weight excluding hydrogens is 666 g/mol. The van der Waals surface area contributed by atoms with Crippen molar-refractivity contribution in [2.75, 3.05) is 24.7 Å². The van der Waals surface area contributed by atoms with Gasteiger partial charge in [-0.2, -0.15) is 0 Å². The first kappa shape index (κ1) is 26.0. The number of rotatable bonds is 9. The van der Waals surface area contributed by atoms with E-state index in [4.69, 9.17) is 14.2 Å². The van der Waals surface area contributed by atoms with Gasteiger partial charge in [-0.05, 0) is 94.9 Å². The summed E-state index contributed by atoms with van der Waals surface area (Å²) in [6.07, 6.45) is 3.10. The zero-order valence-corrected chi connectivity index (χ0v) is 22.8. The summed E-state index contributed by atoms with van der Waals surface area (Å²) < 4.78 is 18.4. The first-order chi connectivity index (χ1) is 16.3. The Kier molecular flexibility index (Phi) is 8.94. The van der Waals surface area contributed by atoms with Gasteiger partial charge in [0.25, 0.3) is 11.8 Å².